The summed E-state index contributed by atoms with van der Waals surface area (Å²) >= 11 is 0. The molecule has 1 aromatic heterocycles. The quantitative estimate of drug-likeness (QED) is 0.385. The van der Waals surface area contributed by atoms with Crippen LogP contribution in [0.5, 0.6) is 11.5 Å². The van der Waals surface area contributed by atoms with Crippen molar-refractivity contribution in [2.24, 2.45) is 0 Å². The van der Waals surface area contributed by atoms with Crippen LogP contribution in [0.2, 0.25) is 18.1 Å². The van der Waals surface area contributed by atoms with Crippen molar-refractivity contribution in [3.63, 3.8) is 0 Å². The van der Waals surface area contributed by atoms with E-state index in [1.54, 1.807) is 19.5 Å². The fraction of sp³-hybridized carbons (Fsp3) is 0.478. The molecular weight excluding hydrogens is 382 g/mol. The second kappa shape index (κ2) is 9.54. The molecule has 1 heterocycles. The predicted octanol–water partition coefficient (Wildman–Crippen LogP) is 5.75. The van der Waals surface area contributed by atoms with E-state index in [1.165, 1.54) is 0 Å². The van der Waals surface area contributed by atoms with Crippen molar-refractivity contribution >= 4 is 14.1 Å². The van der Waals surface area contributed by atoms with Crippen LogP contribution in [0.25, 0.3) is 11.1 Å². The van der Waals surface area contributed by atoms with Gasteiger partial charge in [0, 0.05) is 23.5 Å². The molecule has 0 N–H and O–H groups in total. The minimum atomic E-state index is -1.98. The second-order valence-electron chi connectivity index (χ2n) is 8.65. The number of hydrogen-bond acceptors (Lipinski definition) is 5. The van der Waals surface area contributed by atoms with Gasteiger partial charge in [-0.05, 0) is 48.3 Å². The summed E-state index contributed by atoms with van der Waals surface area (Å²) in [5.41, 5.74) is 2.32. The standard InChI is InChI=1S/C23H33NO4Si/c1-8-11-27-22-13-17(9-10-21(22)26-5)18-12-19(15-24-14-18)20(25)16-28-29(6,7)23(2,3)4/h9-10,12-15H,8,11,16H2,1-7H3. The topological polar surface area (TPSA) is 57.7 Å². The number of pyridine rings is 1. The third-order valence-corrected chi connectivity index (χ3v) is 9.87. The molecule has 6 heteroatoms. The van der Waals surface area contributed by atoms with E-state index in [0.29, 0.717) is 23.7 Å². The van der Waals surface area contributed by atoms with Gasteiger partial charge in [0.1, 0.15) is 0 Å². The van der Waals surface area contributed by atoms with E-state index in [9.17, 15) is 4.79 Å². The Morgan fingerprint density at radius 2 is 1.79 bits per heavy atom. The first-order valence-corrected chi connectivity index (χ1v) is 12.9. The fourth-order valence-electron chi connectivity index (χ4n) is 2.48. The number of methoxy groups -OCH3 is 1. The lowest BCUT2D eigenvalue weighted by atomic mass is 10.0. The number of rotatable bonds is 9. The van der Waals surface area contributed by atoms with Gasteiger partial charge in [-0.25, -0.2) is 0 Å². The molecule has 0 amide bonds. The Balaban J connectivity index is 2.22. The highest BCUT2D eigenvalue weighted by Crippen LogP contribution is 2.36. The van der Waals surface area contributed by atoms with E-state index >= 15 is 0 Å². The molecule has 5 nitrogen and oxygen atoms in total. The summed E-state index contributed by atoms with van der Waals surface area (Å²) in [6.07, 6.45) is 4.25. The van der Waals surface area contributed by atoms with Crippen LogP contribution >= 0.6 is 0 Å². The van der Waals surface area contributed by atoms with Crippen LogP contribution in [0.15, 0.2) is 36.7 Å². The van der Waals surface area contributed by atoms with Crippen molar-refractivity contribution < 1.29 is 18.7 Å². The maximum atomic E-state index is 12.7. The Hall–Kier alpha value is -2.18. The minimum Gasteiger partial charge on any atom is -0.493 e. The van der Waals surface area contributed by atoms with Gasteiger partial charge in [0.25, 0.3) is 0 Å². The molecule has 0 atom stereocenters. The number of ketones is 1. The van der Waals surface area contributed by atoms with Gasteiger partial charge in [-0.15, -0.1) is 0 Å². The van der Waals surface area contributed by atoms with Gasteiger partial charge in [0.15, 0.2) is 25.6 Å². The Morgan fingerprint density at radius 1 is 1.07 bits per heavy atom. The molecule has 0 aliphatic rings. The molecule has 0 unspecified atom stereocenters. The summed E-state index contributed by atoms with van der Waals surface area (Å²) in [7, 11) is -0.359. The number of nitrogens with zero attached hydrogens (tertiary/aromatic N) is 1. The van der Waals surface area contributed by atoms with Crippen molar-refractivity contribution in [1.29, 1.82) is 0 Å². The highest BCUT2D eigenvalue weighted by molar-refractivity contribution is 6.74. The Kier molecular flexibility index (Phi) is 7.60. The third-order valence-electron chi connectivity index (χ3n) is 5.39. The van der Waals surface area contributed by atoms with Crippen LogP contribution < -0.4 is 9.47 Å². The summed E-state index contributed by atoms with van der Waals surface area (Å²) in [6, 6.07) is 7.59. The van der Waals surface area contributed by atoms with E-state index < -0.39 is 8.32 Å². The number of benzene rings is 1. The second-order valence-corrected chi connectivity index (χ2v) is 13.5. The first kappa shape index (κ1) is 23.1. The van der Waals surface area contributed by atoms with Crippen LogP contribution in [0.1, 0.15) is 44.5 Å². The zero-order valence-corrected chi connectivity index (χ0v) is 19.7. The summed E-state index contributed by atoms with van der Waals surface area (Å²) in [5.74, 6) is 1.31. The first-order valence-electron chi connectivity index (χ1n) is 10.0. The maximum Gasteiger partial charge on any atom is 0.192 e. The molecule has 0 aliphatic carbocycles. The molecule has 2 rings (SSSR count). The average Bonchev–Trinajstić information content (AvgIpc) is 2.69. The molecule has 0 fully saturated rings. The summed E-state index contributed by atoms with van der Waals surface area (Å²) in [5, 5.41) is 0.0609. The SMILES string of the molecule is CCCOc1cc(-c2cncc(C(=O)CO[Si](C)(C)C(C)(C)C)c2)ccc1OC. The zero-order chi connectivity index (χ0) is 21.7. The van der Waals surface area contributed by atoms with Gasteiger partial charge >= 0.3 is 0 Å². The minimum absolute atomic E-state index is 0.0554. The van der Waals surface area contributed by atoms with E-state index in [-0.39, 0.29) is 17.4 Å². The van der Waals surface area contributed by atoms with Crippen LogP contribution in [-0.2, 0) is 4.43 Å². The lowest BCUT2D eigenvalue weighted by Crippen LogP contribution is -2.42. The molecule has 29 heavy (non-hydrogen) atoms. The predicted molar refractivity (Wildman–Crippen MR) is 119 cm³/mol. The van der Waals surface area contributed by atoms with E-state index in [2.05, 4.69) is 45.8 Å². The van der Waals surface area contributed by atoms with Gasteiger partial charge in [-0.1, -0.05) is 33.8 Å². The molecule has 2 aromatic rings. The normalized spacial score (nSPS) is 12.0. The van der Waals surface area contributed by atoms with Crippen LogP contribution in [0.4, 0.5) is 0 Å². The van der Waals surface area contributed by atoms with Gasteiger partial charge in [-0.2, -0.15) is 0 Å². The van der Waals surface area contributed by atoms with Crippen molar-refractivity contribution in [3.05, 3.63) is 42.2 Å². The number of aromatic nitrogens is 1. The smallest absolute Gasteiger partial charge is 0.192 e. The number of Topliss-reactive ketones (excluding diaryl/α,β-unsaturated/α-hetero) is 1. The zero-order valence-electron chi connectivity index (χ0n) is 18.7. The lowest BCUT2D eigenvalue weighted by molar-refractivity contribution is 0.0910. The maximum absolute atomic E-state index is 12.7. The molecule has 0 aliphatic heterocycles. The lowest BCUT2D eigenvalue weighted by Gasteiger charge is -2.35. The molecule has 1 aromatic carbocycles. The van der Waals surface area contributed by atoms with Crippen LogP contribution in [0, 0.1) is 0 Å². The van der Waals surface area contributed by atoms with Gasteiger partial charge in [0.2, 0.25) is 0 Å². The van der Waals surface area contributed by atoms with Gasteiger partial charge in [-0.3, -0.25) is 9.78 Å². The molecule has 0 bridgehead atoms. The summed E-state index contributed by atoms with van der Waals surface area (Å²) in [6.45, 7) is 13.5. The summed E-state index contributed by atoms with van der Waals surface area (Å²) < 4.78 is 17.3. The van der Waals surface area contributed by atoms with E-state index in [0.717, 1.165) is 17.5 Å². The molecule has 0 saturated heterocycles. The Bertz CT molecular complexity index is 843. The molecule has 158 valence electrons. The molecule has 0 spiro atoms. The largest absolute Gasteiger partial charge is 0.493 e. The van der Waals surface area contributed by atoms with E-state index in [1.807, 2.05) is 24.3 Å². The number of ether oxygens (including phenoxy) is 2. The van der Waals surface area contributed by atoms with Crippen LogP contribution in [-0.4, -0.2) is 39.4 Å². The van der Waals surface area contributed by atoms with E-state index in [4.69, 9.17) is 13.9 Å². The van der Waals surface area contributed by atoms with Crippen molar-refractivity contribution in [2.45, 2.75) is 52.2 Å². The number of hydrogen-bond donors (Lipinski definition) is 0. The summed E-state index contributed by atoms with van der Waals surface area (Å²) in [4.78, 5) is 17.0. The Morgan fingerprint density at radius 3 is 2.41 bits per heavy atom. The van der Waals surface area contributed by atoms with Crippen molar-refractivity contribution in [3.8, 4) is 22.6 Å². The van der Waals surface area contributed by atoms with Crippen molar-refractivity contribution in [2.75, 3.05) is 20.3 Å². The average molecular weight is 416 g/mol. The number of carbonyl (C=O) groups is 1. The molecule has 0 saturated carbocycles. The van der Waals surface area contributed by atoms with Gasteiger partial charge in [0.05, 0.1) is 20.3 Å². The monoisotopic (exact) mass is 415 g/mol. The molecular formula is C23H33NO4Si. The number of carbonyl (C=O) groups excluding carboxylic acids is 1. The van der Waals surface area contributed by atoms with Gasteiger partial charge < -0.3 is 13.9 Å². The van der Waals surface area contributed by atoms with Crippen LogP contribution in [0.3, 0.4) is 0 Å². The highest BCUT2D eigenvalue weighted by atomic mass is 28.4. The fourth-order valence-corrected chi connectivity index (χ4v) is 3.40. The highest BCUT2D eigenvalue weighted by Gasteiger charge is 2.37. The first-order chi connectivity index (χ1) is 13.6. The molecule has 0 radical (unpaired) electrons. The Labute approximate surface area is 175 Å². The third kappa shape index (κ3) is 5.90. The van der Waals surface area contributed by atoms with Crippen molar-refractivity contribution in [1.82, 2.24) is 4.98 Å².